The zero-order chi connectivity index (χ0) is 17.1. The van der Waals surface area contributed by atoms with E-state index in [-0.39, 0.29) is 11.7 Å². The standard InChI is InChI=1S/C16H20N4O3/c1-10-6-5-7-17-12(10)8-11(2)18-15(22)13-9-14(21)20(4)16(23)19(13)3/h5-7,9,11H,8H2,1-4H3,(H,18,22). The summed E-state index contributed by atoms with van der Waals surface area (Å²) in [5.74, 6) is -0.455. The van der Waals surface area contributed by atoms with Crippen molar-refractivity contribution in [3.05, 3.63) is 62.2 Å². The zero-order valence-electron chi connectivity index (χ0n) is 13.7. The van der Waals surface area contributed by atoms with Gasteiger partial charge in [-0.25, -0.2) is 4.79 Å². The van der Waals surface area contributed by atoms with Crippen LogP contribution in [0.5, 0.6) is 0 Å². The van der Waals surface area contributed by atoms with Crippen molar-refractivity contribution in [1.29, 1.82) is 0 Å². The number of pyridine rings is 1. The fourth-order valence-corrected chi connectivity index (χ4v) is 2.32. The first-order valence-corrected chi connectivity index (χ1v) is 7.29. The summed E-state index contributed by atoms with van der Waals surface area (Å²) in [5.41, 5.74) is 0.956. The van der Waals surface area contributed by atoms with Crippen LogP contribution in [0.1, 0.15) is 28.7 Å². The number of rotatable bonds is 4. The van der Waals surface area contributed by atoms with Gasteiger partial charge in [0.2, 0.25) is 0 Å². The molecule has 1 atom stereocenters. The Hall–Kier alpha value is -2.70. The van der Waals surface area contributed by atoms with Gasteiger partial charge in [0.25, 0.3) is 11.5 Å². The molecule has 0 saturated carbocycles. The summed E-state index contributed by atoms with van der Waals surface area (Å²) in [6, 6.07) is 4.80. The maximum Gasteiger partial charge on any atom is 0.331 e. The molecule has 0 saturated heterocycles. The monoisotopic (exact) mass is 316 g/mol. The molecule has 0 aliphatic carbocycles. The lowest BCUT2D eigenvalue weighted by Crippen LogP contribution is -2.43. The van der Waals surface area contributed by atoms with Crippen molar-refractivity contribution in [2.45, 2.75) is 26.3 Å². The highest BCUT2D eigenvalue weighted by Gasteiger charge is 2.16. The molecule has 122 valence electrons. The molecule has 1 amide bonds. The predicted octanol–water partition coefficient (Wildman–Crippen LogP) is 0.148. The molecule has 0 fully saturated rings. The molecule has 7 nitrogen and oxygen atoms in total. The molecule has 0 aliphatic rings. The van der Waals surface area contributed by atoms with Crippen LogP contribution < -0.4 is 16.6 Å². The normalized spacial score (nSPS) is 12.0. The highest BCUT2D eigenvalue weighted by molar-refractivity contribution is 5.92. The molecule has 0 bridgehead atoms. The zero-order valence-corrected chi connectivity index (χ0v) is 13.7. The predicted molar refractivity (Wildman–Crippen MR) is 86.5 cm³/mol. The van der Waals surface area contributed by atoms with Gasteiger partial charge in [-0.3, -0.25) is 23.7 Å². The van der Waals surface area contributed by atoms with Crippen molar-refractivity contribution < 1.29 is 4.79 Å². The third kappa shape index (κ3) is 3.56. The summed E-state index contributed by atoms with van der Waals surface area (Å²) in [6.45, 7) is 3.81. The molecule has 0 radical (unpaired) electrons. The topological polar surface area (TPSA) is 86.0 Å². The number of hydrogen-bond acceptors (Lipinski definition) is 4. The summed E-state index contributed by atoms with van der Waals surface area (Å²) in [5, 5.41) is 2.80. The van der Waals surface area contributed by atoms with E-state index < -0.39 is 17.2 Å². The number of aryl methyl sites for hydroxylation is 1. The van der Waals surface area contributed by atoms with E-state index in [1.165, 1.54) is 14.1 Å². The highest BCUT2D eigenvalue weighted by atomic mass is 16.2. The first kappa shape index (κ1) is 16.7. The summed E-state index contributed by atoms with van der Waals surface area (Å²) >= 11 is 0. The van der Waals surface area contributed by atoms with E-state index in [1.54, 1.807) is 6.20 Å². The van der Waals surface area contributed by atoms with Crippen molar-refractivity contribution in [2.75, 3.05) is 0 Å². The van der Waals surface area contributed by atoms with Gasteiger partial charge in [-0.15, -0.1) is 0 Å². The van der Waals surface area contributed by atoms with Crippen molar-refractivity contribution in [3.8, 4) is 0 Å². The average Bonchev–Trinajstić information content (AvgIpc) is 2.51. The maximum absolute atomic E-state index is 12.3. The Kier molecular flexibility index (Phi) is 4.78. The average molecular weight is 316 g/mol. The molecule has 2 heterocycles. The van der Waals surface area contributed by atoms with Crippen LogP contribution in [-0.4, -0.2) is 26.1 Å². The van der Waals surface area contributed by atoms with Crippen LogP contribution in [0.25, 0.3) is 0 Å². The summed E-state index contributed by atoms with van der Waals surface area (Å²) in [6.07, 6.45) is 2.28. The molecular weight excluding hydrogens is 296 g/mol. The van der Waals surface area contributed by atoms with Crippen LogP contribution in [0, 0.1) is 6.92 Å². The van der Waals surface area contributed by atoms with E-state index >= 15 is 0 Å². The van der Waals surface area contributed by atoms with Gasteiger partial charge in [0, 0.05) is 44.5 Å². The van der Waals surface area contributed by atoms with Crippen molar-refractivity contribution >= 4 is 5.91 Å². The molecule has 0 spiro atoms. The Morgan fingerprint density at radius 3 is 2.65 bits per heavy atom. The number of nitrogens with one attached hydrogen (secondary N) is 1. The summed E-state index contributed by atoms with van der Waals surface area (Å²) < 4.78 is 2.12. The summed E-state index contributed by atoms with van der Waals surface area (Å²) in [4.78, 5) is 40.2. The number of aromatic nitrogens is 3. The quantitative estimate of drug-likeness (QED) is 0.870. The van der Waals surface area contributed by atoms with Gasteiger partial charge in [0.15, 0.2) is 0 Å². The molecule has 2 aromatic rings. The van der Waals surface area contributed by atoms with E-state index in [4.69, 9.17) is 0 Å². The van der Waals surface area contributed by atoms with Gasteiger partial charge in [-0.05, 0) is 25.5 Å². The lowest BCUT2D eigenvalue weighted by Gasteiger charge is -2.16. The largest absolute Gasteiger partial charge is 0.348 e. The Morgan fingerprint density at radius 1 is 1.30 bits per heavy atom. The van der Waals surface area contributed by atoms with Crippen LogP contribution in [0.3, 0.4) is 0 Å². The second-order valence-corrected chi connectivity index (χ2v) is 5.61. The third-order valence-electron chi connectivity index (χ3n) is 3.75. The Labute approximate surface area is 133 Å². The number of nitrogens with zero attached hydrogens (tertiary/aromatic N) is 3. The van der Waals surface area contributed by atoms with Gasteiger partial charge in [-0.2, -0.15) is 0 Å². The van der Waals surface area contributed by atoms with Crippen molar-refractivity contribution in [2.24, 2.45) is 14.1 Å². The van der Waals surface area contributed by atoms with Crippen molar-refractivity contribution in [3.63, 3.8) is 0 Å². The first-order chi connectivity index (χ1) is 10.8. The molecule has 0 aliphatic heterocycles. The van der Waals surface area contributed by atoms with Crippen LogP contribution in [0.15, 0.2) is 34.0 Å². The fraction of sp³-hybridized carbons (Fsp3) is 0.375. The summed E-state index contributed by atoms with van der Waals surface area (Å²) in [7, 11) is 2.84. The smallest absolute Gasteiger partial charge is 0.331 e. The van der Waals surface area contributed by atoms with Crippen LogP contribution in [-0.2, 0) is 20.5 Å². The van der Waals surface area contributed by atoms with E-state index in [2.05, 4.69) is 10.3 Å². The van der Waals surface area contributed by atoms with Gasteiger partial charge in [0.05, 0.1) is 0 Å². The third-order valence-corrected chi connectivity index (χ3v) is 3.75. The first-order valence-electron chi connectivity index (χ1n) is 7.29. The minimum Gasteiger partial charge on any atom is -0.348 e. The number of carbonyl (C=O) groups excluding carboxylic acids is 1. The second kappa shape index (κ2) is 6.60. The van der Waals surface area contributed by atoms with E-state index in [9.17, 15) is 14.4 Å². The van der Waals surface area contributed by atoms with Gasteiger partial charge in [-0.1, -0.05) is 6.07 Å². The van der Waals surface area contributed by atoms with Crippen molar-refractivity contribution in [1.82, 2.24) is 19.4 Å². The Bertz CT molecular complexity index is 851. The van der Waals surface area contributed by atoms with E-state index in [0.717, 1.165) is 26.5 Å². The Morgan fingerprint density at radius 2 is 2.00 bits per heavy atom. The molecule has 0 aromatic carbocycles. The number of amides is 1. The minimum absolute atomic E-state index is 0.0442. The molecule has 2 rings (SSSR count). The molecule has 23 heavy (non-hydrogen) atoms. The Balaban J connectivity index is 2.18. The second-order valence-electron chi connectivity index (χ2n) is 5.61. The number of carbonyl (C=O) groups is 1. The van der Waals surface area contributed by atoms with Crippen LogP contribution in [0.2, 0.25) is 0 Å². The van der Waals surface area contributed by atoms with E-state index in [0.29, 0.717) is 6.42 Å². The molecular formula is C16H20N4O3. The van der Waals surface area contributed by atoms with E-state index in [1.807, 2.05) is 26.0 Å². The van der Waals surface area contributed by atoms with Gasteiger partial charge in [0.1, 0.15) is 5.69 Å². The fourth-order valence-electron chi connectivity index (χ4n) is 2.32. The molecule has 2 aromatic heterocycles. The highest BCUT2D eigenvalue weighted by Crippen LogP contribution is 2.06. The van der Waals surface area contributed by atoms with Crippen LogP contribution >= 0.6 is 0 Å². The molecule has 1 N–H and O–H groups in total. The minimum atomic E-state index is -0.532. The lowest BCUT2D eigenvalue weighted by molar-refractivity contribution is 0.0929. The lowest BCUT2D eigenvalue weighted by atomic mass is 10.1. The molecule has 7 heteroatoms. The maximum atomic E-state index is 12.3. The molecule has 1 unspecified atom stereocenters. The number of hydrogen-bond donors (Lipinski definition) is 1. The van der Waals surface area contributed by atoms with Gasteiger partial charge >= 0.3 is 5.69 Å². The SMILES string of the molecule is Cc1cccnc1CC(C)NC(=O)c1cc(=O)n(C)c(=O)n1C. The van der Waals surface area contributed by atoms with Gasteiger partial charge < -0.3 is 5.32 Å². The van der Waals surface area contributed by atoms with Crippen LogP contribution in [0.4, 0.5) is 0 Å².